The van der Waals surface area contributed by atoms with Gasteiger partial charge >= 0.3 is 0 Å². The van der Waals surface area contributed by atoms with Crippen LogP contribution in [0, 0.1) is 0 Å². The molecule has 0 aliphatic heterocycles. The number of anilines is 3. The average molecular weight is 981 g/mol. The summed E-state index contributed by atoms with van der Waals surface area (Å²) < 4.78 is 9.38. The van der Waals surface area contributed by atoms with Crippen molar-refractivity contribution < 1.29 is 4.42 Å². The highest BCUT2D eigenvalue weighted by atomic mass is 16.3. The molecule has 0 spiro atoms. The minimum absolute atomic E-state index is 0.853. The summed E-state index contributed by atoms with van der Waals surface area (Å²) in [5.74, 6) is 0. The van der Waals surface area contributed by atoms with E-state index in [1.54, 1.807) is 0 Å². The summed E-state index contributed by atoms with van der Waals surface area (Å²) in [7, 11) is 0. The SMILES string of the molecule is c1ccc(-n2c3ccccc3c3c(-c4ccccc4-c4ccc(N(c5ccc(-c6cccc(-c7cccc8ccccc78)c6)cc5)c5ccc(-c6cccc7ccccc67)c6oc7ccccc7c56)cc4)cccc32)cc1. The first-order chi connectivity index (χ1) is 38.2. The van der Waals surface area contributed by atoms with E-state index in [1.165, 1.54) is 76.7 Å². The van der Waals surface area contributed by atoms with E-state index in [4.69, 9.17) is 4.42 Å². The number of hydrogen-bond acceptors (Lipinski definition) is 2. The molecule has 15 rings (SSSR count). The Kier molecular flexibility index (Phi) is 10.5. The van der Waals surface area contributed by atoms with Gasteiger partial charge in [-0.1, -0.05) is 218 Å². The van der Waals surface area contributed by atoms with Gasteiger partial charge in [-0.25, -0.2) is 0 Å². The molecule has 0 N–H and O–H groups in total. The number of hydrogen-bond donors (Lipinski definition) is 0. The molecule has 0 aliphatic carbocycles. The van der Waals surface area contributed by atoms with E-state index in [1.807, 2.05) is 0 Å². The van der Waals surface area contributed by atoms with Crippen LogP contribution >= 0.6 is 0 Å². The lowest BCUT2D eigenvalue weighted by Crippen LogP contribution is -2.10. The highest BCUT2D eigenvalue weighted by Gasteiger charge is 2.24. The first-order valence-electron chi connectivity index (χ1n) is 26.4. The molecule has 3 heteroatoms. The fourth-order valence-corrected chi connectivity index (χ4v) is 12.1. The second-order valence-electron chi connectivity index (χ2n) is 19.9. The van der Waals surface area contributed by atoms with E-state index in [9.17, 15) is 0 Å². The third-order valence-electron chi connectivity index (χ3n) is 15.6. The summed E-state index contributed by atoms with van der Waals surface area (Å²) in [6.07, 6.45) is 0. The number of benzene rings is 13. The van der Waals surface area contributed by atoms with E-state index < -0.39 is 0 Å². The quantitative estimate of drug-likeness (QED) is 0.144. The number of nitrogens with zero attached hydrogens (tertiary/aromatic N) is 2. The molecule has 0 unspecified atom stereocenters. The predicted molar refractivity (Wildman–Crippen MR) is 325 cm³/mol. The Morgan fingerprint density at radius 2 is 0.818 bits per heavy atom. The smallest absolute Gasteiger partial charge is 0.145 e. The van der Waals surface area contributed by atoms with E-state index in [-0.39, 0.29) is 0 Å². The number of fused-ring (bicyclic) bond motifs is 8. The fourth-order valence-electron chi connectivity index (χ4n) is 12.1. The second kappa shape index (κ2) is 18.3. The summed E-state index contributed by atoms with van der Waals surface area (Å²) >= 11 is 0. The molecule has 0 atom stereocenters. The third kappa shape index (κ3) is 7.43. The van der Waals surface area contributed by atoms with Crippen LogP contribution in [-0.4, -0.2) is 4.57 Å². The second-order valence-corrected chi connectivity index (χ2v) is 19.9. The largest absolute Gasteiger partial charge is 0.455 e. The molecule has 2 heterocycles. The molecule has 77 heavy (non-hydrogen) atoms. The first-order valence-corrected chi connectivity index (χ1v) is 26.4. The summed E-state index contributed by atoms with van der Waals surface area (Å²) in [5.41, 5.74) is 20.0. The molecule has 0 radical (unpaired) electrons. The molecule has 0 amide bonds. The van der Waals surface area contributed by atoms with Gasteiger partial charge in [-0.2, -0.15) is 0 Å². The number of aromatic nitrogens is 1. The summed E-state index contributed by atoms with van der Waals surface area (Å²) in [6.45, 7) is 0. The fraction of sp³-hybridized carbons (Fsp3) is 0. The van der Waals surface area contributed by atoms with Gasteiger partial charge in [0.15, 0.2) is 0 Å². The number of rotatable bonds is 9. The Bertz CT molecular complexity index is 4730. The maximum absolute atomic E-state index is 6.99. The van der Waals surface area contributed by atoms with Gasteiger partial charge in [-0.3, -0.25) is 0 Å². The topological polar surface area (TPSA) is 21.3 Å². The van der Waals surface area contributed by atoms with Crippen LogP contribution in [0.1, 0.15) is 0 Å². The maximum atomic E-state index is 6.99. The van der Waals surface area contributed by atoms with Crippen LogP contribution < -0.4 is 4.90 Å². The Hall–Kier alpha value is -10.2. The van der Waals surface area contributed by atoms with Crippen molar-refractivity contribution in [1.82, 2.24) is 4.57 Å². The van der Waals surface area contributed by atoms with Crippen LogP contribution in [0.3, 0.4) is 0 Å². The van der Waals surface area contributed by atoms with Crippen molar-refractivity contribution in [2.45, 2.75) is 0 Å². The standard InChI is InChI=1S/C74H48N2O/c1-2-24-55(25-3-1)76-68-35-12-10-30-66(68)72-64(34-17-36-69(72)76)62-29-9-8-28-60(62)52-40-44-57(45-41-52)75(56-42-38-49(39-43-56)53-22-14-23-54(48-53)61-32-15-20-50-18-4-6-26-58(50)61)70-47-46-65(63-33-16-21-51-19-5-7-27-59(51)63)74-73(70)67-31-11-13-37-71(67)77-74/h1-48H. The Balaban J connectivity index is 0.886. The molecule has 0 fully saturated rings. The molecule has 0 saturated heterocycles. The lowest BCUT2D eigenvalue weighted by Gasteiger charge is -2.27. The van der Waals surface area contributed by atoms with E-state index in [0.717, 1.165) is 66.9 Å². The lowest BCUT2D eigenvalue weighted by atomic mass is 9.91. The molecule has 15 aromatic rings. The molecule has 0 aliphatic rings. The van der Waals surface area contributed by atoms with Gasteiger partial charge in [0.25, 0.3) is 0 Å². The van der Waals surface area contributed by atoms with Crippen molar-refractivity contribution in [2.24, 2.45) is 0 Å². The van der Waals surface area contributed by atoms with E-state index in [2.05, 4.69) is 301 Å². The van der Waals surface area contributed by atoms with Crippen molar-refractivity contribution in [3.05, 3.63) is 291 Å². The van der Waals surface area contributed by atoms with Gasteiger partial charge in [0, 0.05) is 38.8 Å². The molecule has 360 valence electrons. The van der Waals surface area contributed by atoms with E-state index >= 15 is 0 Å². The van der Waals surface area contributed by atoms with Gasteiger partial charge in [0.2, 0.25) is 0 Å². The van der Waals surface area contributed by atoms with Gasteiger partial charge in [-0.05, 0) is 144 Å². The number of furan rings is 1. The molecular weight excluding hydrogens is 933 g/mol. The molecule has 0 saturated carbocycles. The third-order valence-corrected chi connectivity index (χ3v) is 15.6. The minimum atomic E-state index is 0.853. The van der Waals surface area contributed by atoms with Crippen molar-refractivity contribution in [3.8, 4) is 61.3 Å². The molecular formula is C74H48N2O. The zero-order valence-corrected chi connectivity index (χ0v) is 42.0. The lowest BCUT2D eigenvalue weighted by molar-refractivity contribution is 0.670. The van der Waals surface area contributed by atoms with Crippen LogP contribution in [0.4, 0.5) is 17.1 Å². The van der Waals surface area contributed by atoms with Crippen molar-refractivity contribution >= 4 is 82.4 Å². The van der Waals surface area contributed by atoms with Gasteiger partial charge in [0.1, 0.15) is 11.2 Å². The van der Waals surface area contributed by atoms with Crippen LogP contribution in [0.2, 0.25) is 0 Å². The van der Waals surface area contributed by atoms with Crippen molar-refractivity contribution in [3.63, 3.8) is 0 Å². The van der Waals surface area contributed by atoms with Crippen LogP contribution in [0.5, 0.6) is 0 Å². The highest BCUT2D eigenvalue weighted by molar-refractivity contribution is 6.19. The van der Waals surface area contributed by atoms with Gasteiger partial charge < -0.3 is 13.9 Å². The Labute approximate surface area is 446 Å². The van der Waals surface area contributed by atoms with E-state index in [0.29, 0.717) is 0 Å². The predicted octanol–water partition coefficient (Wildman–Crippen LogP) is 20.8. The van der Waals surface area contributed by atoms with Crippen LogP contribution in [-0.2, 0) is 0 Å². The van der Waals surface area contributed by atoms with Gasteiger partial charge in [-0.15, -0.1) is 0 Å². The average Bonchev–Trinajstić information content (AvgIpc) is 4.14. The number of para-hydroxylation sites is 3. The monoisotopic (exact) mass is 980 g/mol. The molecule has 0 bridgehead atoms. The molecule has 2 aromatic heterocycles. The Morgan fingerprint density at radius 1 is 0.286 bits per heavy atom. The van der Waals surface area contributed by atoms with Crippen molar-refractivity contribution in [1.29, 1.82) is 0 Å². The molecule has 3 nitrogen and oxygen atoms in total. The van der Waals surface area contributed by atoms with Crippen LogP contribution in [0.25, 0.3) is 127 Å². The normalized spacial score (nSPS) is 11.6. The zero-order valence-electron chi connectivity index (χ0n) is 42.0. The zero-order chi connectivity index (χ0) is 50.8. The highest BCUT2D eigenvalue weighted by Crippen LogP contribution is 2.48. The van der Waals surface area contributed by atoms with Crippen molar-refractivity contribution in [2.75, 3.05) is 4.90 Å². The summed E-state index contributed by atoms with van der Waals surface area (Å²) in [4.78, 5) is 2.41. The Morgan fingerprint density at radius 3 is 1.58 bits per heavy atom. The maximum Gasteiger partial charge on any atom is 0.145 e. The van der Waals surface area contributed by atoms with Gasteiger partial charge in [0.05, 0.1) is 22.1 Å². The molecule has 13 aromatic carbocycles. The summed E-state index contributed by atoms with van der Waals surface area (Å²) in [6, 6.07) is 106. The summed E-state index contributed by atoms with van der Waals surface area (Å²) in [5, 5.41) is 9.49. The van der Waals surface area contributed by atoms with Crippen LogP contribution in [0.15, 0.2) is 296 Å². The minimum Gasteiger partial charge on any atom is -0.455 e. The first kappa shape index (κ1) is 44.3.